The number of quaternary nitrogens is 1. The van der Waals surface area contributed by atoms with E-state index in [4.69, 9.17) is 17.3 Å². The van der Waals surface area contributed by atoms with Crippen molar-refractivity contribution < 1.29 is 13.3 Å². The molecule has 5 rings (SSSR count). The molecule has 3 fully saturated rings. The summed E-state index contributed by atoms with van der Waals surface area (Å²) in [6, 6.07) is 9.25. The van der Waals surface area contributed by atoms with Gasteiger partial charge in [-0.3, -0.25) is 0 Å². The van der Waals surface area contributed by atoms with Crippen molar-refractivity contribution in [2.75, 3.05) is 26.2 Å². The van der Waals surface area contributed by atoms with Crippen LogP contribution in [0.25, 0.3) is 0 Å². The second-order valence-electron chi connectivity index (χ2n) is 8.14. The van der Waals surface area contributed by atoms with Crippen LogP contribution in [-0.2, 0) is 16.7 Å². The van der Waals surface area contributed by atoms with Gasteiger partial charge >= 0.3 is 0 Å². The van der Waals surface area contributed by atoms with Crippen molar-refractivity contribution in [3.05, 3.63) is 40.9 Å². The van der Waals surface area contributed by atoms with Gasteiger partial charge in [0.05, 0.1) is 31.1 Å². The van der Waals surface area contributed by atoms with E-state index in [0.717, 1.165) is 24.5 Å². The fourth-order valence-corrected chi connectivity index (χ4v) is 5.80. The second kappa shape index (κ2) is 7.05. The Labute approximate surface area is 170 Å². The Morgan fingerprint density at radius 3 is 2.36 bits per heavy atom. The molecular weight excluding hydrogens is 394 g/mol. The standard InChI is InChI=1S/C19H25N5O2S2/c25-28(26,17-4-2-1-3-5-17)22-12-10-21(11-13-22)14-23-19(27)24(16-8-9-16)18(20-23)15-6-7-15/h1-5,15-16H,6-14H2/p+1. The molecule has 3 aliphatic rings. The summed E-state index contributed by atoms with van der Waals surface area (Å²) in [4.78, 5) is 1.70. The molecule has 0 amide bonds. The predicted molar refractivity (Wildman–Crippen MR) is 107 cm³/mol. The molecule has 2 saturated carbocycles. The van der Waals surface area contributed by atoms with Crippen LogP contribution in [0.3, 0.4) is 0 Å². The lowest BCUT2D eigenvalue weighted by molar-refractivity contribution is -0.926. The maximum absolute atomic E-state index is 12.8. The monoisotopic (exact) mass is 420 g/mol. The minimum absolute atomic E-state index is 0.373. The zero-order valence-corrected chi connectivity index (χ0v) is 17.5. The summed E-state index contributed by atoms with van der Waals surface area (Å²) in [7, 11) is -3.40. The zero-order valence-electron chi connectivity index (χ0n) is 15.8. The van der Waals surface area contributed by atoms with Crippen LogP contribution in [0, 0.1) is 4.77 Å². The number of piperazine rings is 1. The van der Waals surface area contributed by atoms with Gasteiger partial charge in [-0.25, -0.2) is 8.42 Å². The Morgan fingerprint density at radius 1 is 1.07 bits per heavy atom. The highest BCUT2D eigenvalue weighted by Gasteiger charge is 2.36. The summed E-state index contributed by atoms with van der Waals surface area (Å²) < 4.78 is 32.3. The molecule has 2 heterocycles. The lowest BCUT2D eigenvalue weighted by Gasteiger charge is -2.31. The van der Waals surface area contributed by atoms with Crippen LogP contribution in [0.5, 0.6) is 0 Å². The fourth-order valence-electron chi connectivity index (χ4n) is 3.99. The van der Waals surface area contributed by atoms with Gasteiger partial charge in [-0.15, -0.1) is 0 Å². The van der Waals surface area contributed by atoms with E-state index in [1.54, 1.807) is 28.6 Å². The van der Waals surface area contributed by atoms with E-state index < -0.39 is 10.0 Å². The van der Waals surface area contributed by atoms with Gasteiger partial charge in [-0.05, 0) is 50.0 Å². The van der Waals surface area contributed by atoms with E-state index in [2.05, 4.69) is 4.57 Å². The third-order valence-electron chi connectivity index (χ3n) is 5.94. The minimum atomic E-state index is -3.40. The van der Waals surface area contributed by atoms with Crippen LogP contribution < -0.4 is 4.90 Å². The molecule has 1 aromatic carbocycles. The van der Waals surface area contributed by atoms with Crippen LogP contribution in [0.1, 0.15) is 43.5 Å². The van der Waals surface area contributed by atoms with Gasteiger partial charge in [0.2, 0.25) is 14.8 Å². The largest absolute Gasteiger partial charge is 0.314 e. The molecule has 150 valence electrons. The highest BCUT2D eigenvalue weighted by atomic mass is 32.2. The first-order valence-electron chi connectivity index (χ1n) is 10.1. The van der Waals surface area contributed by atoms with Crippen molar-refractivity contribution in [3.8, 4) is 0 Å². The van der Waals surface area contributed by atoms with E-state index in [9.17, 15) is 8.42 Å². The molecule has 1 N–H and O–H groups in total. The van der Waals surface area contributed by atoms with Gasteiger partial charge in [-0.2, -0.15) is 14.1 Å². The maximum Gasteiger partial charge on any atom is 0.243 e. The molecule has 1 saturated heterocycles. The molecule has 2 aliphatic carbocycles. The average Bonchev–Trinajstić information content (AvgIpc) is 3.62. The Morgan fingerprint density at radius 2 is 1.75 bits per heavy atom. The molecular formula is C19H26N5O2S2+. The first-order chi connectivity index (χ1) is 13.5. The molecule has 0 radical (unpaired) electrons. The average molecular weight is 421 g/mol. The van der Waals surface area contributed by atoms with Crippen molar-refractivity contribution in [2.45, 2.75) is 49.2 Å². The van der Waals surface area contributed by atoms with Crippen molar-refractivity contribution in [2.24, 2.45) is 0 Å². The molecule has 9 heteroatoms. The van der Waals surface area contributed by atoms with Crippen LogP contribution in [0.15, 0.2) is 35.2 Å². The molecule has 0 atom stereocenters. The number of hydrogen-bond donors (Lipinski definition) is 1. The molecule has 0 spiro atoms. The predicted octanol–water partition coefficient (Wildman–Crippen LogP) is 1.17. The van der Waals surface area contributed by atoms with Crippen LogP contribution in [0.4, 0.5) is 0 Å². The van der Waals surface area contributed by atoms with Gasteiger partial charge in [0, 0.05) is 12.0 Å². The normalized spacial score (nSPS) is 21.9. The van der Waals surface area contributed by atoms with Gasteiger partial charge in [-0.1, -0.05) is 18.2 Å². The van der Waals surface area contributed by atoms with E-state index >= 15 is 0 Å². The van der Waals surface area contributed by atoms with Crippen molar-refractivity contribution in [1.82, 2.24) is 18.7 Å². The van der Waals surface area contributed by atoms with Gasteiger partial charge in [0.25, 0.3) is 0 Å². The number of sulfonamides is 1. The smallest absolute Gasteiger partial charge is 0.243 e. The maximum atomic E-state index is 12.8. The number of nitrogens with zero attached hydrogens (tertiary/aromatic N) is 4. The summed E-state index contributed by atoms with van der Waals surface area (Å²) in [6.07, 6.45) is 4.87. The Bertz CT molecular complexity index is 1010. The topological polar surface area (TPSA) is 64.6 Å². The highest BCUT2D eigenvalue weighted by molar-refractivity contribution is 7.89. The van der Waals surface area contributed by atoms with Gasteiger partial charge in [0.1, 0.15) is 5.82 Å². The third-order valence-corrected chi connectivity index (χ3v) is 8.26. The van der Waals surface area contributed by atoms with E-state index in [1.807, 2.05) is 10.7 Å². The van der Waals surface area contributed by atoms with Crippen LogP contribution in [-0.4, -0.2) is 53.2 Å². The summed E-state index contributed by atoms with van der Waals surface area (Å²) >= 11 is 5.73. The van der Waals surface area contributed by atoms with Crippen molar-refractivity contribution >= 4 is 22.2 Å². The first kappa shape index (κ1) is 18.5. The molecule has 1 aromatic heterocycles. The highest BCUT2D eigenvalue weighted by Crippen LogP contribution is 2.44. The van der Waals surface area contributed by atoms with E-state index in [1.165, 1.54) is 36.4 Å². The quantitative estimate of drug-likeness (QED) is 0.713. The molecule has 7 nitrogen and oxygen atoms in total. The summed E-state index contributed by atoms with van der Waals surface area (Å²) in [5.41, 5.74) is 0. The lowest BCUT2D eigenvalue weighted by atomic mass is 10.4. The Balaban J connectivity index is 1.27. The molecule has 28 heavy (non-hydrogen) atoms. The summed E-state index contributed by atoms with van der Waals surface area (Å²) in [5, 5.41) is 4.87. The van der Waals surface area contributed by atoms with E-state index in [0.29, 0.717) is 29.9 Å². The van der Waals surface area contributed by atoms with Crippen LogP contribution in [0.2, 0.25) is 0 Å². The number of hydrogen-bond acceptors (Lipinski definition) is 4. The number of nitrogens with one attached hydrogen (secondary N) is 1. The first-order valence-corrected chi connectivity index (χ1v) is 12.0. The fraction of sp³-hybridized carbons (Fsp3) is 0.579. The number of rotatable bonds is 6. The third kappa shape index (κ3) is 3.45. The summed E-state index contributed by atoms with van der Waals surface area (Å²) in [6.45, 7) is 3.31. The molecule has 1 aliphatic heterocycles. The van der Waals surface area contributed by atoms with Crippen molar-refractivity contribution in [1.29, 1.82) is 0 Å². The summed E-state index contributed by atoms with van der Waals surface area (Å²) in [5.74, 6) is 1.77. The Kier molecular flexibility index (Phi) is 4.65. The molecule has 0 bridgehead atoms. The lowest BCUT2D eigenvalue weighted by Crippen LogP contribution is -3.14. The second-order valence-corrected chi connectivity index (χ2v) is 10.4. The van der Waals surface area contributed by atoms with Crippen LogP contribution >= 0.6 is 12.2 Å². The molecule has 2 aromatic rings. The molecule has 0 unspecified atom stereocenters. The minimum Gasteiger partial charge on any atom is -0.314 e. The number of benzene rings is 1. The van der Waals surface area contributed by atoms with E-state index in [-0.39, 0.29) is 0 Å². The van der Waals surface area contributed by atoms with Gasteiger partial charge < -0.3 is 9.47 Å². The zero-order chi connectivity index (χ0) is 19.3. The Hall–Kier alpha value is -1.55. The van der Waals surface area contributed by atoms with Crippen molar-refractivity contribution in [3.63, 3.8) is 0 Å². The number of aromatic nitrogens is 3. The SMILES string of the molecule is O=S(=O)(c1ccccc1)N1CC[NH+](Cn2nc(C3CC3)n(C3CC3)c2=S)CC1. The van der Waals surface area contributed by atoms with Gasteiger partial charge in [0.15, 0.2) is 6.67 Å².